The summed E-state index contributed by atoms with van der Waals surface area (Å²) >= 11 is 0. The van der Waals surface area contributed by atoms with E-state index in [1.54, 1.807) is 0 Å². The molecule has 3 heterocycles. The summed E-state index contributed by atoms with van der Waals surface area (Å²) in [6.07, 6.45) is 5.29. The number of aromatic nitrogens is 1. The van der Waals surface area contributed by atoms with Gasteiger partial charge in [0.2, 0.25) is 0 Å². The Balaban J connectivity index is 1.70. The quantitative estimate of drug-likeness (QED) is 0.838. The molecule has 2 fully saturated rings. The van der Waals surface area contributed by atoms with Crippen LogP contribution in [0.3, 0.4) is 0 Å². The maximum Gasteiger partial charge on any atom is 0.126 e. The first-order valence-electron chi connectivity index (χ1n) is 6.98. The number of rotatable bonds is 2. The van der Waals surface area contributed by atoms with E-state index in [0.29, 0.717) is 12.1 Å². The summed E-state index contributed by atoms with van der Waals surface area (Å²) in [5.41, 5.74) is 7.49. The first-order chi connectivity index (χ1) is 8.74. The molecular weight excluding hydrogens is 224 g/mol. The zero-order valence-corrected chi connectivity index (χ0v) is 11.0. The van der Waals surface area contributed by atoms with E-state index in [1.165, 1.54) is 38.8 Å². The number of hydrogen-bond donors (Lipinski definition) is 2. The average Bonchev–Trinajstić information content (AvgIpc) is 2.78. The normalized spacial score (nSPS) is 28.1. The van der Waals surface area contributed by atoms with E-state index in [9.17, 15) is 0 Å². The fourth-order valence-corrected chi connectivity index (χ4v) is 3.26. The second-order valence-corrected chi connectivity index (χ2v) is 5.51. The summed E-state index contributed by atoms with van der Waals surface area (Å²) in [4.78, 5) is 7.15. The summed E-state index contributed by atoms with van der Waals surface area (Å²) < 4.78 is 0. The summed E-state index contributed by atoms with van der Waals surface area (Å²) in [5, 5.41) is 3.60. The number of aryl methyl sites for hydroxylation is 1. The predicted octanol–water partition coefficient (Wildman–Crippen LogP) is 2.01. The highest BCUT2D eigenvalue weighted by atomic mass is 15.2. The number of hydrogen-bond acceptors (Lipinski definition) is 4. The molecule has 2 aliphatic heterocycles. The van der Waals surface area contributed by atoms with Crippen molar-refractivity contribution in [2.45, 2.75) is 44.7 Å². The molecule has 3 rings (SSSR count). The Morgan fingerprint density at radius 2 is 2.17 bits per heavy atom. The van der Waals surface area contributed by atoms with Crippen LogP contribution in [0.2, 0.25) is 0 Å². The number of fused-ring (bicyclic) bond motifs is 1. The van der Waals surface area contributed by atoms with Crippen molar-refractivity contribution in [3.8, 4) is 0 Å². The minimum atomic E-state index is 0.556. The van der Waals surface area contributed by atoms with Crippen LogP contribution in [0.5, 0.6) is 0 Å². The van der Waals surface area contributed by atoms with Crippen molar-refractivity contribution in [2.24, 2.45) is 0 Å². The Labute approximate surface area is 109 Å². The number of piperidine rings is 1. The van der Waals surface area contributed by atoms with Gasteiger partial charge in [-0.25, -0.2) is 4.98 Å². The van der Waals surface area contributed by atoms with Crippen molar-refractivity contribution in [1.82, 2.24) is 9.88 Å². The molecule has 2 saturated heterocycles. The van der Waals surface area contributed by atoms with Crippen molar-refractivity contribution in [3.05, 3.63) is 17.8 Å². The lowest BCUT2D eigenvalue weighted by Gasteiger charge is -2.32. The molecule has 0 aliphatic carbocycles. The fraction of sp³-hybridized carbons (Fsp3) is 0.643. The Morgan fingerprint density at radius 1 is 1.28 bits per heavy atom. The molecule has 1 aromatic heterocycles. The van der Waals surface area contributed by atoms with E-state index in [0.717, 1.165) is 17.2 Å². The van der Waals surface area contributed by atoms with Crippen LogP contribution < -0.4 is 11.1 Å². The van der Waals surface area contributed by atoms with Crippen LogP contribution in [0.4, 0.5) is 11.5 Å². The number of nitrogens with two attached hydrogens (primary N) is 1. The SMILES string of the molecule is Cc1nc(NC2CCN3CCCCC23)ccc1N. The van der Waals surface area contributed by atoms with Crippen LogP contribution in [0.25, 0.3) is 0 Å². The number of nitrogen functional groups attached to an aromatic ring is 1. The number of anilines is 2. The lowest BCUT2D eigenvalue weighted by atomic mass is 9.99. The van der Waals surface area contributed by atoms with E-state index in [-0.39, 0.29) is 0 Å². The van der Waals surface area contributed by atoms with E-state index in [1.807, 2.05) is 19.1 Å². The van der Waals surface area contributed by atoms with E-state index in [4.69, 9.17) is 5.73 Å². The summed E-state index contributed by atoms with van der Waals surface area (Å²) in [5.74, 6) is 0.971. The average molecular weight is 246 g/mol. The molecule has 0 bridgehead atoms. The van der Waals surface area contributed by atoms with Gasteiger partial charge in [-0.2, -0.15) is 0 Å². The highest BCUT2D eigenvalue weighted by Crippen LogP contribution is 2.29. The monoisotopic (exact) mass is 246 g/mol. The van der Waals surface area contributed by atoms with Gasteiger partial charge in [0.05, 0.1) is 11.4 Å². The van der Waals surface area contributed by atoms with Crippen LogP contribution in [0.15, 0.2) is 12.1 Å². The maximum atomic E-state index is 5.80. The van der Waals surface area contributed by atoms with E-state index < -0.39 is 0 Å². The van der Waals surface area contributed by atoms with Crippen molar-refractivity contribution in [3.63, 3.8) is 0 Å². The molecule has 4 heteroatoms. The van der Waals surface area contributed by atoms with Gasteiger partial charge in [0, 0.05) is 18.6 Å². The second kappa shape index (κ2) is 4.76. The van der Waals surface area contributed by atoms with Crippen molar-refractivity contribution in [1.29, 1.82) is 0 Å². The molecule has 0 aromatic carbocycles. The van der Waals surface area contributed by atoms with Gasteiger partial charge >= 0.3 is 0 Å². The number of pyridine rings is 1. The predicted molar refractivity (Wildman–Crippen MR) is 74.6 cm³/mol. The lowest BCUT2D eigenvalue weighted by molar-refractivity contribution is 0.192. The maximum absolute atomic E-state index is 5.80. The summed E-state index contributed by atoms with van der Waals surface area (Å²) in [6.45, 7) is 4.47. The van der Waals surface area contributed by atoms with Gasteiger partial charge < -0.3 is 11.1 Å². The molecule has 0 spiro atoms. The van der Waals surface area contributed by atoms with Crippen molar-refractivity contribution in [2.75, 3.05) is 24.1 Å². The molecule has 4 nitrogen and oxygen atoms in total. The Kier molecular flexibility index (Phi) is 3.12. The zero-order valence-electron chi connectivity index (χ0n) is 11.0. The molecule has 2 unspecified atom stereocenters. The van der Waals surface area contributed by atoms with Gasteiger partial charge in [-0.15, -0.1) is 0 Å². The van der Waals surface area contributed by atoms with Gasteiger partial charge in [-0.3, -0.25) is 4.90 Å². The standard InChI is InChI=1S/C14H22N4/c1-10-11(15)5-6-14(16-10)17-12-7-9-18-8-3-2-4-13(12)18/h5-6,12-13H,2-4,7-9,15H2,1H3,(H,16,17). The lowest BCUT2D eigenvalue weighted by Crippen LogP contribution is -2.41. The van der Waals surface area contributed by atoms with E-state index in [2.05, 4.69) is 15.2 Å². The molecule has 0 saturated carbocycles. The molecule has 3 N–H and O–H groups in total. The first kappa shape index (κ1) is 11.8. The smallest absolute Gasteiger partial charge is 0.126 e. The number of nitrogens with one attached hydrogen (secondary N) is 1. The highest BCUT2D eigenvalue weighted by Gasteiger charge is 2.35. The molecule has 2 atom stereocenters. The molecule has 18 heavy (non-hydrogen) atoms. The molecule has 98 valence electrons. The molecule has 2 aliphatic rings. The molecule has 1 aromatic rings. The third-order valence-electron chi connectivity index (χ3n) is 4.32. The Bertz CT molecular complexity index is 432. The van der Waals surface area contributed by atoms with Gasteiger partial charge in [0.15, 0.2) is 0 Å². The van der Waals surface area contributed by atoms with Gasteiger partial charge in [0.25, 0.3) is 0 Å². The highest BCUT2D eigenvalue weighted by molar-refractivity contribution is 5.49. The minimum Gasteiger partial charge on any atom is -0.397 e. The van der Waals surface area contributed by atoms with Crippen LogP contribution in [0.1, 0.15) is 31.4 Å². The molecule has 0 amide bonds. The Hall–Kier alpha value is -1.29. The summed E-state index contributed by atoms with van der Waals surface area (Å²) in [7, 11) is 0. The van der Waals surface area contributed by atoms with Crippen LogP contribution >= 0.6 is 0 Å². The Morgan fingerprint density at radius 3 is 3.00 bits per heavy atom. The zero-order chi connectivity index (χ0) is 12.5. The van der Waals surface area contributed by atoms with Gasteiger partial charge in [-0.1, -0.05) is 6.42 Å². The molecule has 0 radical (unpaired) electrons. The number of nitrogens with zero attached hydrogens (tertiary/aromatic N) is 2. The van der Waals surface area contributed by atoms with Crippen molar-refractivity contribution < 1.29 is 0 Å². The minimum absolute atomic E-state index is 0.556. The molecular formula is C14H22N4. The third-order valence-corrected chi connectivity index (χ3v) is 4.32. The van der Waals surface area contributed by atoms with Crippen LogP contribution in [0, 0.1) is 6.92 Å². The first-order valence-corrected chi connectivity index (χ1v) is 6.98. The topological polar surface area (TPSA) is 54.2 Å². The second-order valence-electron chi connectivity index (χ2n) is 5.51. The van der Waals surface area contributed by atoms with Crippen LogP contribution in [-0.2, 0) is 0 Å². The van der Waals surface area contributed by atoms with Crippen LogP contribution in [-0.4, -0.2) is 35.1 Å². The van der Waals surface area contributed by atoms with Crippen molar-refractivity contribution >= 4 is 11.5 Å². The largest absolute Gasteiger partial charge is 0.397 e. The summed E-state index contributed by atoms with van der Waals surface area (Å²) in [6, 6.07) is 5.20. The fourth-order valence-electron chi connectivity index (χ4n) is 3.26. The van der Waals surface area contributed by atoms with Gasteiger partial charge in [-0.05, 0) is 44.9 Å². The van der Waals surface area contributed by atoms with E-state index >= 15 is 0 Å². The van der Waals surface area contributed by atoms with Gasteiger partial charge in [0.1, 0.15) is 5.82 Å². The third kappa shape index (κ3) is 2.17.